The average molecular weight is 299 g/mol. The summed E-state index contributed by atoms with van der Waals surface area (Å²) in [7, 11) is 2.73. The molecule has 0 unspecified atom stereocenters. The van der Waals surface area contributed by atoms with Gasteiger partial charge >= 0.3 is 0 Å². The fraction of sp³-hybridized carbons (Fsp3) is 0.188. The van der Waals surface area contributed by atoms with Crippen LogP contribution in [-0.2, 0) is 0 Å². The number of methoxy groups -OCH3 is 2. The van der Waals surface area contributed by atoms with Crippen molar-refractivity contribution < 1.29 is 24.2 Å². The van der Waals surface area contributed by atoms with Crippen LogP contribution in [0, 0.1) is 6.92 Å². The van der Waals surface area contributed by atoms with Crippen LogP contribution in [0.5, 0.6) is 17.2 Å². The van der Waals surface area contributed by atoms with Crippen molar-refractivity contribution in [1.82, 2.24) is 4.98 Å². The molecule has 6 nitrogen and oxygen atoms in total. The lowest BCUT2D eigenvalue weighted by atomic mass is 9.84. The summed E-state index contributed by atoms with van der Waals surface area (Å²) in [5.74, 6) is -1.08. The Balaban J connectivity index is 2.38. The van der Waals surface area contributed by atoms with Gasteiger partial charge in [0.1, 0.15) is 5.69 Å². The van der Waals surface area contributed by atoms with E-state index in [9.17, 15) is 14.7 Å². The Morgan fingerprint density at radius 1 is 1.09 bits per heavy atom. The number of aromatic nitrogens is 1. The Morgan fingerprint density at radius 2 is 1.82 bits per heavy atom. The predicted molar refractivity (Wildman–Crippen MR) is 77.0 cm³/mol. The molecular formula is C16H13NO5. The maximum absolute atomic E-state index is 12.7. The molecule has 1 heterocycles. The lowest BCUT2D eigenvalue weighted by Gasteiger charge is -2.21. The first-order chi connectivity index (χ1) is 10.5. The van der Waals surface area contributed by atoms with Gasteiger partial charge in [0.25, 0.3) is 0 Å². The van der Waals surface area contributed by atoms with Crippen molar-refractivity contribution >= 4 is 11.6 Å². The average Bonchev–Trinajstić information content (AvgIpc) is 2.51. The highest BCUT2D eigenvalue weighted by atomic mass is 16.5. The van der Waals surface area contributed by atoms with Gasteiger partial charge in [0, 0.05) is 11.8 Å². The van der Waals surface area contributed by atoms with Gasteiger partial charge in [-0.15, -0.1) is 0 Å². The number of hydrogen-bond donors (Lipinski definition) is 1. The molecule has 0 fully saturated rings. The van der Waals surface area contributed by atoms with Gasteiger partial charge < -0.3 is 14.6 Å². The molecule has 0 saturated heterocycles. The van der Waals surface area contributed by atoms with Gasteiger partial charge in [-0.1, -0.05) is 0 Å². The number of phenols is 1. The van der Waals surface area contributed by atoms with Crippen LogP contribution in [-0.4, -0.2) is 35.9 Å². The van der Waals surface area contributed by atoms with Crippen LogP contribution in [0.2, 0.25) is 0 Å². The Kier molecular flexibility index (Phi) is 3.09. The van der Waals surface area contributed by atoms with Crippen LogP contribution in [0.25, 0.3) is 0 Å². The van der Waals surface area contributed by atoms with Crippen molar-refractivity contribution in [1.29, 1.82) is 0 Å². The van der Waals surface area contributed by atoms with Crippen LogP contribution < -0.4 is 9.47 Å². The van der Waals surface area contributed by atoms with Crippen LogP contribution in [0.15, 0.2) is 18.3 Å². The summed E-state index contributed by atoms with van der Waals surface area (Å²) in [6.07, 6.45) is 1.48. The number of phenolic OH excluding ortho intramolecular Hbond substituents is 1. The Labute approximate surface area is 126 Å². The molecule has 112 valence electrons. The van der Waals surface area contributed by atoms with E-state index in [0.29, 0.717) is 5.56 Å². The van der Waals surface area contributed by atoms with Gasteiger partial charge in [0.2, 0.25) is 11.5 Å². The number of carbonyl (C=O) groups excluding carboxylic acids is 2. The van der Waals surface area contributed by atoms with E-state index in [-0.39, 0.29) is 33.9 Å². The minimum Gasteiger partial charge on any atom is -0.504 e. The van der Waals surface area contributed by atoms with E-state index in [4.69, 9.17) is 9.47 Å². The van der Waals surface area contributed by atoms with Crippen LogP contribution in [0.4, 0.5) is 0 Å². The number of rotatable bonds is 2. The third-order valence-electron chi connectivity index (χ3n) is 3.72. The number of fused-ring (bicyclic) bond motifs is 2. The first kappa shape index (κ1) is 14.1. The summed E-state index contributed by atoms with van der Waals surface area (Å²) in [6.45, 7) is 1.72. The van der Waals surface area contributed by atoms with Crippen molar-refractivity contribution in [2.45, 2.75) is 6.92 Å². The maximum Gasteiger partial charge on any atom is 0.213 e. The van der Waals surface area contributed by atoms with E-state index in [1.54, 1.807) is 13.0 Å². The molecule has 22 heavy (non-hydrogen) atoms. The second kappa shape index (κ2) is 4.84. The zero-order valence-electron chi connectivity index (χ0n) is 12.3. The number of ether oxygens (including phenoxy) is 2. The van der Waals surface area contributed by atoms with E-state index in [1.165, 1.54) is 26.5 Å². The number of hydrogen-bond acceptors (Lipinski definition) is 6. The van der Waals surface area contributed by atoms with E-state index in [0.717, 1.165) is 0 Å². The summed E-state index contributed by atoms with van der Waals surface area (Å²) in [5.41, 5.74) is 0.909. The molecule has 2 aromatic rings. The summed E-state index contributed by atoms with van der Waals surface area (Å²) >= 11 is 0. The molecular weight excluding hydrogens is 286 g/mol. The molecule has 1 aromatic carbocycles. The van der Waals surface area contributed by atoms with Gasteiger partial charge in [-0.05, 0) is 24.6 Å². The molecule has 0 atom stereocenters. The highest BCUT2D eigenvalue weighted by Crippen LogP contribution is 2.44. The largest absolute Gasteiger partial charge is 0.504 e. The quantitative estimate of drug-likeness (QED) is 0.777. The van der Waals surface area contributed by atoms with Gasteiger partial charge in [0.15, 0.2) is 17.3 Å². The first-order valence-electron chi connectivity index (χ1n) is 6.54. The first-order valence-corrected chi connectivity index (χ1v) is 6.54. The third kappa shape index (κ3) is 1.70. The minimum atomic E-state index is -0.450. The number of carbonyl (C=O) groups is 2. The minimum absolute atomic E-state index is 0.0207. The number of benzene rings is 1. The molecule has 0 spiro atoms. The summed E-state index contributed by atoms with van der Waals surface area (Å²) in [6, 6.07) is 3.04. The Bertz CT molecular complexity index is 826. The van der Waals surface area contributed by atoms with Gasteiger partial charge in [-0.3, -0.25) is 14.6 Å². The van der Waals surface area contributed by atoms with E-state index < -0.39 is 17.3 Å². The zero-order valence-corrected chi connectivity index (χ0v) is 12.3. The molecule has 1 aliphatic rings. The molecule has 0 aliphatic heterocycles. The van der Waals surface area contributed by atoms with Crippen molar-refractivity contribution in [2.75, 3.05) is 14.2 Å². The number of pyridine rings is 1. The fourth-order valence-corrected chi connectivity index (χ4v) is 2.65. The molecule has 0 saturated carbocycles. The van der Waals surface area contributed by atoms with Crippen molar-refractivity contribution in [3.05, 3.63) is 46.3 Å². The molecule has 1 aliphatic carbocycles. The number of nitrogens with zero attached hydrogens (tertiary/aromatic N) is 1. The van der Waals surface area contributed by atoms with Crippen LogP contribution in [0.3, 0.4) is 0 Å². The number of aryl methyl sites for hydroxylation is 1. The second-order valence-corrected chi connectivity index (χ2v) is 4.89. The van der Waals surface area contributed by atoms with E-state index in [2.05, 4.69) is 4.98 Å². The number of aromatic hydroxyl groups is 1. The summed E-state index contributed by atoms with van der Waals surface area (Å²) < 4.78 is 10.2. The lowest BCUT2D eigenvalue weighted by molar-refractivity contribution is 0.0971. The summed E-state index contributed by atoms with van der Waals surface area (Å²) in [4.78, 5) is 29.3. The van der Waals surface area contributed by atoms with Crippen molar-refractivity contribution in [3.8, 4) is 17.2 Å². The molecule has 0 bridgehead atoms. The van der Waals surface area contributed by atoms with Crippen LogP contribution >= 0.6 is 0 Å². The zero-order chi connectivity index (χ0) is 16.0. The highest BCUT2D eigenvalue weighted by molar-refractivity contribution is 6.29. The van der Waals surface area contributed by atoms with Crippen molar-refractivity contribution in [2.24, 2.45) is 0 Å². The Hall–Kier alpha value is -2.89. The van der Waals surface area contributed by atoms with Gasteiger partial charge in [-0.2, -0.15) is 0 Å². The van der Waals surface area contributed by atoms with E-state index in [1.807, 2.05) is 0 Å². The maximum atomic E-state index is 12.7. The van der Waals surface area contributed by atoms with Crippen LogP contribution in [0.1, 0.15) is 37.5 Å². The monoisotopic (exact) mass is 299 g/mol. The fourth-order valence-electron chi connectivity index (χ4n) is 2.65. The predicted octanol–water partition coefficient (Wildman–Crippen LogP) is 1.89. The lowest BCUT2D eigenvalue weighted by Crippen LogP contribution is -2.23. The second-order valence-electron chi connectivity index (χ2n) is 4.89. The molecule has 3 rings (SSSR count). The Morgan fingerprint density at radius 3 is 2.45 bits per heavy atom. The number of ketones is 2. The molecule has 1 N–H and O–H groups in total. The topological polar surface area (TPSA) is 85.7 Å². The normalized spacial score (nSPS) is 12.7. The molecule has 6 heteroatoms. The van der Waals surface area contributed by atoms with Gasteiger partial charge in [-0.25, -0.2) is 0 Å². The molecule has 0 amide bonds. The van der Waals surface area contributed by atoms with E-state index >= 15 is 0 Å². The van der Waals surface area contributed by atoms with Crippen molar-refractivity contribution in [3.63, 3.8) is 0 Å². The smallest absolute Gasteiger partial charge is 0.213 e. The van der Waals surface area contributed by atoms with Gasteiger partial charge in [0.05, 0.1) is 25.3 Å². The highest BCUT2D eigenvalue weighted by Gasteiger charge is 2.36. The molecule has 0 radical (unpaired) electrons. The SMILES string of the molecule is COc1cc2c(c(O)c1OC)C(=O)c1c(C)ccnc1C2=O. The standard InChI is InChI=1S/C16H13NO5/c1-7-4-5-17-12-10(7)14(19)11-8(13(12)18)6-9(21-2)16(22-3)15(11)20/h4-6,20H,1-3H3. The molecule has 1 aromatic heterocycles. The summed E-state index contributed by atoms with van der Waals surface area (Å²) in [5, 5.41) is 10.4. The third-order valence-corrected chi connectivity index (χ3v) is 3.72.